The largest absolute Gasteiger partial charge is 0.388 e. The number of benzene rings is 2. The van der Waals surface area contributed by atoms with Crippen LogP contribution in [0.25, 0.3) is 0 Å². The summed E-state index contributed by atoms with van der Waals surface area (Å²) < 4.78 is 6.36. The Balaban J connectivity index is 2.05. The summed E-state index contributed by atoms with van der Waals surface area (Å²) in [6.07, 6.45) is 2.10. The predicted molar refractivity (Wildman–Crippen MR) is 119 cm³/mol. The van der Waals surface area contributed by atoms with Crippen LogP contribution in [0.3, 0.4) is 0 Å². The smallest absolute Gasteiger partial charge is 0.271 e. The molecule has 2 unspecified atom stereocenters. The Labute approximate surface area is 173 Å². The van der Waals surface area contributed by atoms with Crippen LogP contribution in [0.1, 0.15) is 37.9 Å². The van der Waals surface area contributed by atoms with E-state index in [9.17, 15) is 9.90 Å². The maximum Gasteiger partial charge on any atom is 0.271 e. The average molecular weight is 416 g/mol. The van der Waals surface area contributed by atoms with Crippen molar-refractivity contribution in [2.24, 2.45) is 0 Å². The van der Waals surface area contributed by atoms with Gasteiger partial charge in [-0.3, -0.25) is 9.69 Å². The number of thiocarbonyl (C=S) groups is 1. The van der Waals surface area contributed by atoms with Crippen molar-refractivity contribution in [1.82, 2.24) is 0 Å². The van der Waals surface area contributed by atoms with E-state index in [0.29, 0.717) is 21.3 Å². The lowest BCUT2D eigenvalue weighted by atomic mass is 10.0. The van der Waals surface area contributed by atoms with E-state index in [4.69, 9.17) is 16.4 Å². The highest BCUT2D eigenvalue weighted by molar-refractivity contribution is 8.50. The molecule has 0 aromatic heterocycles. The maximum absolute atomic E-state index is 13.1. The summed E-state index contributed by atoms with van der Waals surface area (Å²) in [7, 11) is -0.792. The summed E-state index contributed by atoms with van der Waals surface area (Å²) in [5.41, 5.74) is 1.50. The lowest BCUT2D eigenvalue weighted by Crippen LogP contribution is -2.28. The number of amides is 1. The first-order valence-electron chi connectivity index (χ1n) is 9.26. The van der Waals surface area contributed by atoms with Crippen LogP contribution in [0.5, 0.6) is 0 Å². The molecule has 2 aromatic rings. The third-order valence-electron chi connectivity index (χ3n) is 4.89. The second-order valence-corrected chi connectivity index (χ2v) is 10.1. The van der Waals surface area contributed by atoms with Gasteiger partial charge in [-0.05, 0) is 46.6 Å². The zero-order valence-electron chi connectivity index (χ0n) is 16.1. The standard InChI is InChI=1S/C22H25NO3S2/c1-4-5-14-20(24)17-10-9-13-19(15-17)28(26-3)16(2)21(25)23(22(28)27)18-11-7-6-8-12-18/h6-13,15,20,24H,2,4-5,14H2,1,3H3. The summed E-state index contributed by atoms with van der Waals surface area (Å²) in [4.78, 5) is 15.7. The number of hydrogen-bond donors (Lipinski definition) is 1. The molecule has 2 atom stereocenters. The Bertz CT molecular complexity index is 900. The fraction of sp³-hybridized carbons (Fsp3) is 0.273. The van der Waals surface area contributed by atoms with Crippen molar-refractivity contribution in [2.45, 2.75) is 37.2 Å². The van der Waals surface area contributed by atoms with E-state index in [1.54, 1.807) is 7.11 Å². The zero-order valence-corrected chi connectivity index (χ0v) is 17.8. The average Bonchev–Trinajstić information content (AvgIpc) is 2.93. The molecule has 1 saturated heterocycles. The summed E-state index contributed by atoms with van der Waals surface area (Å²) in [5, 5.41) is 10.5. The van der Waals surface area contributed by atoms with Gasteiger partial charge in [0.2, 0.25) is 0 Å². The number of carbonyl (C=O) groups excluding carboxylic acids is 1. The second kappa shape index (κ2) is 8.57. The van der Waals surface area contributed by atoms with Crippen molar-refractivity contribution < 1.29 is 14.1 Å². The van der Waals surface area contributed by atoms with Crippen LogP contribution in [0, 0.1) is 0 Å². The molecule has 1 amide bonds. The lowest BCUT2D eigenvalue weighted by Gasteiger charge is -2.34. The molecular weight excluding hydrogens is 390 g/mol. The normalized spacial score (nSPS) is 23.0. The van der Waals surface area contributed by atoms with E-state index >= 15 is 0 Å². The molecule has 1 fully saturated rings. The van der Waals surface area contributed by atoms with Gasteiger partial charge in [-0.2, -0.15) is 0 Å². The number of aliphatic hydroxyl groups excluding tert-OH is 1. The van der Waals surface area contributed by atoms with Gasteiger partial charge >= 0.3 is 0 Å². The Morgan fingerprint density at radius 3 is 2.57 bits per heavy atom. The number of para-hydroxylation sites is 1. The quantitative estimate of drug-likeness (QED) is 0.480. The molecule has 0 saturated carbocycles. The first kappa shape index (κ1) is 20.7. The number of aliphatic hydroxyl groups is 1. The minimum atomic E-state index is -2.36. The van der Waals surface area contributed by atoms with Crippen molar-refractivity contribution in [3.05, 3.63) is 71.6 Å². The van der Waals surface area contributed by atoms with E-state index in [2.05, 4.69) is 13.5 Å². The fourth-order valence-corrected chi connectivity index (χ4v) is 6.91. The van der Waals surface area contributed by atoms with Crippen molar-refractivity contribution in [1.29, 1.82) is 0 Å². The topological polar surface area (TPSA) is 49.8 Å². The molecule has 1 N–H and O–H groups in total. The number of hydrogen-bond acceptors (Lipinski definition) is 4. The summed E-state index contributed by atoms with van der Waals surface area (Å²) >= 11 is 5.76. The van der Waals surface area contributed by atoms with Gasteiger partial charge in [0.05, 0.1) is 16.7 Å². The van der Waals surface area contributed by atoms with Gasteiger partial charge in [0.25, 0.3) is 5.91 Å². The van der Waals surface area contributed by atoms with Crippen LogP contribution in [-0.4, -0.2) is 22.4 Å². The molecule has 0 radical (unpaired) electrons. The molecule has 0 spiro atoms. The highest BCUT2D eigenvalue weighted by Crippen LogP contribution is 2.68. The van der Waals surface area contributed by atoms with E-state index in [-0.39, 0.29) is 5.91 Å². The molecule has 3 rings (SSSR count). The van der Waals surface area contributed by atoms with Crippen LogP contribution in [0.2, 0.25) is 0 Å². The number of nitrogens with zero attached hydrogens (tertiary/aromatic N) is 1. The van der Waals surface area contributed by atoms with Gasteiger partial charge in [-0.1, -0.05) is 68.9 Å². The highest BCUT2D eigenvalue weighted by Gasteiger charge is 2.50. The second-order valence-electron chi connectivity index (χ2n) is 6.62. The van der Waals surface area contributed by atoms with Gasteiger partial charge in [0, 0.05) is 12.0 Å². The SMILES string of the molecule is C=C1C(=O)N(c2ccccc2)C(=S)S1(OC)c1cccc(C(O)CCCC)c1. The molecule has 28 heavy (non-hydrogen) atoms. The third-order valence-corrected chi connectivity index (χ3v) is 8.73. The van der Waals surface area contributed by atoms with E-state index in [1.807, 2.05) is 54.6 Å². The first-order chi connectivity index (χ1) is 13.5. The minimum Gasteiger partial charge on any atom is -0.388 e. The molecule has 0 bridgehead atoms. The van der Waals surface area contributed by atoms with Gasteiger partial charge in [0.15, 0.2) is 4.32 Å². The maximum atomic E-state index is 13.1. The Morgan fingerprint density at radius 1 is 1.21 bits per heavy atom. The fourth-order valence-electron chi connectivity index (χ4n) is 3.34. The Kier molecular flexibility index (Phi) is 6.35. The molecule has 1 heterocycles. The predicted octanol–water partition coefficient (Wildman–Crippen LogP) is 5.48. The number of rotatable bonds is 7. The van der Waals surface area contributed by atoms with E-state index in [0.717, 1.165) is 23.3 Å². The van der Waals surface area contributed by atoms with Crippen LogP contribution in [0.15, 0.2) is 71.0 Å². The summed E-state index contributed by atoms with van der Waals surface area (Å²) in [6, 6.07) is 16.9. The Morgan fingerprint density at radius 2 is 1.93 bits per heavy atom. The molecule has 4 nitrogen and oxygen atoms in total. The minimum absolute atomic E-state index is 0.245. The molecule has 6 heteroatoms. The summed E-state index contributed by atoms with van der Waals surface area (Å²) in [5.74, 6) is -0.245. The van der Waals surface area contributed by atoms with Crippen molar-refractivity contribution in [3.63, 3.8) is 0 Å². The van der Waals surface area contributed by atoms with Gasteiger partial charge in [-0.15, -0.1) is 0 Å². The van der Waals surface area contributed by atoms with Gasteiger partial charge < -0.3 is 9.29 Å². The third kappa shape index (κ3) is 3.42. The molecule has 148 valence electrons. The molecule has 2 aromatic carbocycles. The summed E-state index contributed by atoms with van der Waals surface area (Å²) in [6.45, 7) is 6.15. The number of unbranched alkanes of at least 4 members (excludes halogenated alkanes) is 1. The van der Waals surface area contributed by atoms with Crippen LogP contribution < -0.4 is 4.90 Å². The van der Waals surface area contributed by atoms with E-state index < -0.39 is 16.4 Å². The van der Waals surface area contributed by atoms with Crippen molar-refractivity contribution in [3.8, 4) is 0 Å². The van der Waals surface area contributed by atoms with Crippen molar-refractivity contribution >= 4 is 38.4 Å². The molecular formula is C22H25NO3S2. The number of carbonyl (C=O) groups is 1. The van der Waals surface area contributed by atoms with E-state index in [1.165, 1.54) is 4.90 Å². The monoisotopic (exact) mass is 415 g/mol. The first-order valence-corrected chi connectivity index (χ1v) is 11.2. The van der Waals surface area contributed by atoms with Crippen LogP contribution in [-0.2, 0) is 8.98 Å². The Hall–Kier alpha value is -1.99. The molecule has 0 aliphatic carbocycles. The zero-order chi connectivity index (χ0) is 20.3. The van der Waals surface area contributed by atoms with Gasteiger partial charge in [-0.25, -0.2) is 0 Å². The lowest BCUT2D eigenvalue weighted by molar-refractivity contribution is -0.113. The molecule has 1 aliphatic heterocycles. The number of anilines is 1. The van der Waals surface area contributed by atoms with Crippen LogP contribution in [0.4, 0.5) is 5.69 Å². The molecule has 1 aliphatic rings. The van der Waals surface area contributed by atoms with Crippen LogP contribution >= 0.6 is 22.5 Å². The van der Waals surface area contributed by atoms with Crippen molar-refractivity contribution in [2.75, 3.05) is 12.0 Å². The van der Waals surface area contributed by atoms with Gasteiger partial charge in [0.1, 0.15) is 0 Å². The highest BCUT2D eigenvalue weighted by atomic mass is 32.3.